The van der Waals surface area contributed by atoms with Gasteiger partial charge in [-0.05, 0) is 25.5 Å². The Kier molecular flexibility index (Phi) is 3.06. The van der Waals surface area contributed by atoms with Crippen LogP contribution in [0.3, 0.4) is 0 Å². The van der Waals surface area contributed by atoms with Crippen LogP contribution in [0.25, 0.3) is 5.52 Å². The summed E-state index contributed by atoms with van der Waals surface area (Å²) in [5, 5.41) is 4.13. The molecule has 2 N–H and O–H groups in total. The first-order valence-corrected chi connectivity index (χ1v) is 4.76. The Morgan fingerprint density at radius 1 is 1.29 bits per heavy atom. The number of hydrogen-bond acceptors (Lipinski definition) is 3. The first kappa shape index (κ1) is 10.5. The standard InChI is InChI=1S/C8H10N4.C2H6/c1-5-3-7-6(2)11-8(9)12(7)10-4-5;1-2/h3-4H,1-2H3,(H2,9,11);1-2H3. The number of nitrogens with zero attached hydrogens (tertiary/aromatic N) is 3. The van der Waals surface area contributed by atoms with Gasteiger partial charge in [0.05, 0.1) is 17.4 Å². The van der Waals surface area contributed by atoms with Gasteiger partial charge in [0.15, 0.2) is 0 Å². The predicted molar refractivity (Wildman–Crippen MR) is 58.2 cm³/mol. The Balaban J connectivity index is 0.000000461. The van der Waals surface area contributed by atoms with Crippen molar-refractivity contribution in [3.05, 3.63) is 23.5 Å². The molecule has 2 heterocycles. The maximum absolute atomic E-state index is 5.62. The minimum Gasteiger partial charge on any atom is -0.368 e. The molecule has 76 valence electrons. The van der Waals surface area contributed by atoms with Crippen molar-refractivity contribution in [2.24, 2.45) is 0 Å². The van der Waals surface area contributed by atoms with Gasteiger partial charge in [-0.25, -0.2) is 4.98 Å². The third-order valence-electron chi connectivity index (χ3n) is 1.84. The lowest BCUT2D eigenvalue weighted by Gasteiger charge is -1.95. The van der Waals surface area contributed by atoms with Gasteiger partial charge in [0, 0.05) is 0 Å². The van der Waals surface area contributed by atoms with Crippen LogP contribution in [0.5, 0.6) is 0 Å². The van der Waals surface area contributed by atoms with Gasteiger partial charge in [-0.1, -0.05) is 13.8 Å². The van der Waals surface area contributed by atoms with Crippen molar-refractivity contribution in [3.8, 4) is 0 Å². The fraction of sp³-hybridized carbons (Fsp3) is 0.400. The molecule has 4 heteroatoms. The van der Waals surface area contributed by atoms with Crippen molar-refractivity contribution in [1.29, 1.82) is 0 Å². The summed E-state index contributed by atoms with van der Waals surface area (Å²) < 4.78 is 1.64. The smallest absolute Gasteiger partial charge is 0.222 e. The van der Waals surface area contributed by atoms with E-state index in [1.165, 1.54) is 0 Å². The molecule has 0 amide bonds. The molecule has 0 fully saturated rings. The van der Waals surface area contributed by atoms with Crippen LogP contribution in [0, 0.1) is 13.8 Å². The number of hydrogen-bond donors (Lipinski definition) is 1. The first-order chi connectivity index (χ1) is 6.68. The Labute approximate surface area is 83.8 Å². The number of fused-ring (bicyclic) bond motifs is 1. The van der Waals surface area contributed by atoms with Gasteiger partial charge in [0.25, 0.3) is 0 Å². The van der Waals surface area contributed by atoms with Gasteiger partial charge in [0.2, 0.25) is 5.95 Å². The molecule has 2 aromatic heterocycles. The average Bonchev–Trinajstić information content (AvgIpc) is 2.46. The number of aryl methyl sites for hydroxylation is 2. The molecule has 0 saturated carbocycles. The van der Waals surface area contributed by atoms with Gasteiger partial charge in [0.1, 0.15) is 0 Å². The predicted octanol–water partition coefficient (Wildman–Crippen LogP) is 1.95. The molecule has 0 aliphatic heterocycles. The molecule has 0 unspecified atom stereocenters. The van der Waals surface area contributed by atoms with Gasteiger partial charge in [-0.3, -0.25) is 0 Å². The molecule has 0 radical (unpaired) electrons. The topological polar surface area (TPSA) is 56.2 Å². The third-order valence-corrected chi connectivity index (χ3v) is 1.84. The van der Waals surface area contributed by atoms with Crippen LogP contribution in [0.2, 0.25) is 0 Å². The van der Waals surface area contributed by atoms with Crippen molar-refractivity contribution in [2.75, 3.05) is 5.73 Å². The summed E-state index contributed by atoms with van der Waals surface area (Å²) in [4.78, 5) is 4.11. The second kappa shape index (κ2) is 4.09. The van der Waals surface area contributed by atoms with Crippen LogP contribution >= 0.6 is 0 Å². The van der Waals surface area contributed by atoms with E-state index in [9.17, 15) is 0 Å². The van der Waals surface area contributed by atoms with Gasteiger partial charge in [-0.2, -0.15) is 9.61 Å². The van der Waals surface area contributed by atoms with E-state index in [4.69, 9.17) is 5.73 Å². The second-order valence-corrected chi connectivity index (χ2v) is 2.89. The van der Waals surface area contributed by atoms with Gasteiger partial charge < -0.3 is 5.73 Å². The summed E-state index contributed by atoms with van der Waals surface area (Å²) in [6.07, 6.45) is 1.77. The van der Waals surface area contributed by atoms with Crippen LogP contribution < -0.4 is 5.73 Å². The average molecular weight is 192 g/mol. The van der Waals surface area contributed by atoms with Crippen LogP contribution in [-0.2, 0) is 0 Å². The highest BCUT2D eigenvalue weighted by molar-refractivity contribution is 5.56. The lowest BCUT2D eigenvalue weighted by atomic mass is 10.3. The van der Waals surface area contributed by atoms with Crippen LogP contribution in [0.15, 0.2) is 12.3 Å². The zero-order chi connectivity index (χ0) is 10.7. The summed E-state index contributed by atoms with van der Waals surface area (Å²) >= 11 is 0. The minimum atomic E-state index is 0.447. The number of aromatic nitrogens is 3. The molecule has 2 rings (SSSR count). The van der Waals surface area contributed by atoms with E-state index in [1.54, 1.807) is 10.7 Å². The molecule has 0 aliphatic carbocycles. The largest absolute Gasteiger partial charge is 0.368 e. The molecule has 2 aromatic rings. The molecular formula is C10H16N4. The van der Waals surface area contributed by atoms with E-state index < -0.39 is 0 Å². The molecule has 0 atom stereocenters. The van der Waals surface area contributed by atoms with E-state index >= 15 is 0 Å². The van der Waals surface area contributed by atoms with E-state index in [2.05, 4.69) is 10.1 Å². The number of anilines is 1. The highest BCUT2D eigenvalue weighted by atomic mass is 15.3. The Hall–Kier alpha value is -1.58. The fourth-order valence-electron chi connectivity index (χ4n) is 1.24. The highest BCUT2D eigenvalue weighted by Crippen LogP contribution is 2.12. The van der Waals surface area contributed by atoms with Crippen molar-refractivity contribution in [1.82, 2.24) is 14.6 Å². The molecule has 0 aromatic carbocycles. The maximum Gasteiger partial charge on any atom is 0.222 e. The third kappa shape index (κ3) is 1.69. The fourth-order valence-corrected chi connectivity index (χ4v) is 1.24. The van der Waals surface area contributed by atoms with Crippen LogP contribution in [-0.4, -0.2) is 14.6 Å². The van der Waals surface area contributed by atoms with Crippen molar-refractivity contribution in [3.63, 3.8) is 0 Å². The summed E-state index contributed by atoms with van der Waals surface area (Å²) in [6, 6.07) is 2.02. The Morgan fingerprint density at radius 3 is 2.57 bits per heavy atom. The highest BCUT2D eigenvalue weighted by Gasteiger charge is 2.04. The van der Waals surface area contributed by atoms with Gasteiger partial charge in [-0.15, -0.1) is 0 Å². The molecule has 0 saturated heterocycles. The molecule has 14 heavy (non-hydrogen) atoms. The summed E-state index contributed by atoms with van der Waals surface area (Å²) in [7, 11) is 0. The van der Waals surface area contributed by atoms with E-state index in [0.29, 0.717) is 5.95 Å². The van der Waals surface area contributed by atoms with Crippen molar-refractivity contribution in [2.45, 2.75) is 27.7 Å². The lowest BCUT2D eigenvalue weighted by Crippen LogP contribution is -1.97. The summed E-state index contributed by atoms with van der Waals surface area (Å²) in [5.41, 5.74) is 8.63. The van der Waals surface area contributed by atoms with Gasteiger partial charge >= 0.3 is 0 Å². The molecule has 0 spiro atoms. The van der Waals surface area contributed by atoms with E-state index in [1.807, 2.05) is 33.8 Å². The number of nitrogen functional groups attached to an aromatic ring is 1. The van der Waals surface area contributed by atoms with Crippen molar-refractivity contribution < 1.29 is 0 Å². The zero-order valence-corrected chi connectivity index (χ0v) is 9.07. The SMILES string of the molecule is CC.Cc1cnn2c(N)nc(C)c2c1. The normalized spacial score (nSPS) is 9.71. The Bertz CT molecular complexity index is 431. The number of nitrogens with two attached hydrogens (primary N) is 1. The summed E-state index contributed by atoms with van der Waals surface area (Å²) in [5.74, 6) is 0.447. The maximum atomic E-state index is 5.62. The molecular weight excluding hydrogens is 176 g/mol. The summed E-state index contributed by atoms with van der Waals surface area (Å²) in [6.45, 7) is 7.92. The van der Waals surface area contributed by atoms with Crippen LogP contribution in [0.1, 0.15) is 25.1 Å². The molecule has 4 nitrogen and oxygen atoms in total. The Morgan fingerprint density at radius 2 is 1.93 bits per heavy atom. The zero-order valence-electron chi connectivity index (χ0n) is 9.07. The van der Waals surface area contributed by atoms with E-state index in [-0.39, 0.29) is 0 Å². The monoisotopic (exact) mass is 192 g/mol. The molecule has 0 aliphatic rings. The van der Waals surface area contributed by atoms with Crippen molar-refractivity contribution >= 4 is 11.5 Å². The first-order valence-electron chi connectivity index (χ1n) is 4.76. The number of imidazole rings is 1. The number of rotatable bonds is 0. The van der Waals surface area contributed by atoms with Crippen LogP contribution in [0.4, 0.5) is 5.95 Å². The second-order valence-electron chi connectivity index (χ2n) is 2.89. The quantitative estimate of drug-likeness (QED) is 0.694. The van der Waals surface area contributed by atoms with E-state index in [0.717, 1.165) is 16.8 Å². The minimum absolute atomic E-state index is 0.447. The molecule has 0 bridgehead atoms. The lowest BCUT2D eigenvalue weighted by molar-refractivity contribution is 0.932.